The Bertz CT molecular complexity index is 929. The van der Waals surface area contributed by atoms with Crippen LogP contribution in [-0.4, -0.2) is 61.6 Å². The van der Waals surface area contributed by atoms with Crippen molar-refractivity contribution >= 4 is 32.2 Å². The molecule has 2 N–H and O–H groups in total. The highest BCUT2D eigenvalue weighted by atomic mass is 32.2. The van der Waals surface area contributed by atoms with Crippen LogP contribution in [0.4, 0.5) is 0 Å². The molecule has 0 fully saturated rings. The Morgan fingerprint density at radius 2 is 0.717 bits per heavy atom. The van der Waals surface area contributed by atoms with Crippen LogP contribution >= 0.6 is 0 Å². The third-order valence-electron chi connectivity index (χ3n) is 8.28. The minimum atomic E-state index is -4.43. The average molecular weight is 697 g/mol. The third kappa shape index (κ3) is 27.6. The van der Waals surface area contributed by atoms with Crippen molar-refractivity contribution in [2.24, 2.45) is 0 Å². The van der Waals surface area contributed by atoms with E-state index in [-0.39, 0.29) is 12.8 Å². The summed E-state index contributed by atoms with van der Waals surface area (Å²) in [6, 6.07) is 0. The van der Waals surface area contributed by atoms with E-state index in [4.69, 9.17) is 9.47 Å². The zero-order valence-electron chi connectivity index (χ0n) is 28.7. The predicted molar refractivity (Wildman–Crippen MR) is 184 cm³/mol. The van der Waals surface area contributed by atoms with Gasteiger partial charge in [-0.25, -0.2) is 9.59 Å². The fraction of sp³-hybridized carbons (Fsp3) is 0.882. The molecule has 0 aliphatic rings. The van der Waals surface area contributed by atoms with E-state index in [9.17, 15) is 35.5 Å². The van der Waals surface area contributed by atoms with E-state index in [0.29, 0.717) is 12.8 Å². The van der Waals surface area contributed by atoms with Crippen LogP contribution in [0, 0.1) is 0 Å². The summed E-state index contributed by atoms with van der Waals surface area (Å²) >= 11 is 0. The summed E-state index contributed by atoms with van der Waals surface area (Å²) in [6.07, 6.45) is 26.0. The quantitative estimate of drug-likeness (QED) is 0.0302. The van der Waals surface area contributed by atoms with Crippen molar-refractivity contribution in [2.75, 3.05) is 13.2 Å². The van der Waals surface area contributed by atoms with Crippen LogP contribution in [0.3, 0.4) is 0 Å². The van der Waals surface area contributed by atoms with Gasteiger partial charge in [-0.2, -0.15) is 16.8 Å². The second-order valence-electron chi connectivity index (χ2n) is 12.5. The highest BCUT2D eigenvalue weighted by molar-refractivity contribution is 7.86. The van der Waals surface area contributed by atoms with Crippen LogP contribution in [0.5, 0.6) is 0 Å². The molecule has 0 aliphatic carbocycles. The molecule has 0 aromatic rings. The minimum Gasteiger partial charge on any atom is -0.461 e. The van der Waals surface area contributed by atoms with Crippen molar-refractivity contribution in [3.63, 3.8) is 0 Å². The highest BCUT2D eigenvalue weighted by Gasteiger charge is 2.25. The maximum atomic E-state index is 12.0. The first-order valence-corrected chi connectivity index (χ1v) is 20.9. The predicted octanol–water partition coefficient (Wildman–Crippen LogP) is 8.54. The molecule has 0 amide bonds. The molecule has 0 bridgehead atoms. The summed E-state index contributed by atoms with van der Waals surface area (Å²) in [6.45, 7) is 3.28. The lowest BCUT2D eigenvalue weighted by Gasteiger charge is -2.14. The summed E-state index contributed by atoms with van der Waals surface area (Å²) in [7, 11) is -8.86. The van der Waals surface area contributed by atoms with Crippen molar-refractivity contribution in [3.05, 3.63) is 12.2 Å². The van der Waals surface area contributed by atoms with E-state index in [1.807, 2.05) is 0 Å². The molecule has 272 valence electrons. The number of hydrogen-bond acceptors (Lipinski definition) is 8. The van der Waals surface area contributed by atoms with Crippen LogP contribution in [0.15, 0.2) is 12.2 Å². The summed E-state index contributed by atoms with van der Waals surface area (Å²) in [4.78, 5) is 24.1. The second kappa shape index (κ2) is 28.5. The van der Waals surface area contributed by atoms with E-state index >= 15 is 0 Å². The van der Waals surface area contributed by atoms with Gasteiger partial charge in [-0.1, -0.05) is 155 Å². The normalized spacial score (nSPS) is 13.6. The van der Waals surface area contributed by atoms with Crippen molar-refractivity contribution in [1.29, 1.82) is 0 Å². The lowest BCUT2D eigenvalue weighted by atomic mass is 10.0. The number of carbonyl (C=O) groups excluding carboxylic acids is 2. The minimum absolute atomic E-state index is 0.144. The summed E-state index contributed by atoms with van der Waals surface area (Å²) in [5, 5.41) is -2.53. The highest BCUT2D eigenvalue weighted by Crippen LogP contribution is 2.17. The number of ether oxygens (including phenoxy) is 2. The number of carbonyl (C=O) groups is 2. The first-order chi connectivity index (χ1) is 21.9. The van der Waals surface area contributed by atoms with Gasteiger partial charge in [0.2, 0.25) is 0 Å². The van der Waals surface area contributed by atoms with Gasteiger partial charge in [0.05, 0.1) is 0 Å². The monoisotopic (exact) mass is 696 g/mol. The maximum Gasteiger partial charge on any atom is 0.331 e. The van der Waals surface area contributed by atoms with Crippen LogP contribution in [-0.2, 0) is 39.3 Å². The lowest BCUT2D eigenvalue weighted by molar-refractivity contribution is -0.140. The van der Waals surface area contributed by atoms with Gasteiger partial charge in [0.15, 0.2) is 0 Å². The molecule has 0 aromatic heterocycles. The molecule has 0 aromatic carbocycles. The van der Waals surface area contributed by atoms with Gasteiger partial charge in [-0.3, -0.25) is 9.11 Å². The van der Waals surface area contributed by atoms with Gasteiger partial charge >= 0.3 is 11.9 Å². The first-order valence-electron chi connectivity index (χ1n) is 17.9. The first kappa shape index (κ1) is 44.5. The third-order valence-corrected chi connectivity index (χ3v) is 10.7. The number of rotatable bonds is 32. The van der Waals surface area contributed by atoms with Crippen molar-refractivity contribution in [1.82, 2.24) is 0 Å². The average Bonchev–Trinajstić information content (AvgIpc) is 2.99. The largest absolute Gasteiger partial charge is 0.461 e. The zero-order valence-corrected chi connectivity index (χ0v) is 30.3. The summed E-state index contributed by atoms with van der Waals surface area (Å²) < 4.78 is 75.9. The SMILES string of the molecule is CCCCCCCCCCCCCC(COC(=O)/C=C\C(=O)OCC(CCCCCCCCCCCCC)S(=O)(=O)O)S(=O)(=O)O. The Balaban J connectivity index is 4.30. The van der Waals surface area contributed by atoms with Crippen LogP contribution in [0.2, 0.25) is 0 Å². The Hall–Kier alpha value is -1.50. The van der Waals surface area contributed by atoms with Gasteiger partial charge in [0.25, 0.3) is 20.2 Å². The molecule has 0 saturated carbocycles. The van der Waals surface area contributed by atoms with Crippen molar-refractivity contribution < 1.29 is 45.0 Å². The molecule has 0 heterocycles. The molecule has 2 atom stereocenters. The molecule has 0 aliphatic heterocycles. The van der Waals surface area contributed by atoms with Gasteiger partial charge in [-0.05, 0) is 12.8 Å². The Morgan fingerprint density at radius 3 is 0.957 bits per heavy atom. The molecular weight excluding hydrogens is 632 g/mol. The number of unbranched alkanes of at least 4 members (excludes halogenated alkanes) is 20. The molecule has 46 heavy (non-hydrogen) atoms. The second-order valence-corrected chi connectivity index (χ2v) is 15.9. The van der Waals surface area contributed by atoms with Gasteiger partial charge in [-0.15, -0.1) is 0 Å². The van der Waals surface area contributed by atoms with Crippen molar-refractivity contribution in [3.8, 4) is 0 Å². The van der Waals surface area contributed by atoms with E-state index in [2.05, 4.69) is 13.8 Å². The Kier molecular flexibility index (Phi) is 27.6. The molecule has 0 rings (SSSR count). The van der Waals surface area contributed by atoms with E-state index in [0.717, 1.165) is 63.5 Å². The topological polar surface area (TPSA) is 161 Å². The molecule has 0 radical (unpaired) electrons. The molecule has 12 heteroatoms. The smallest absolute Gasteiger partial charge is 0.331 e. The Labute approximate surface area is 280 Å². The lowest BCUT2D eigenvalue weighted by Crippen LogP contribution is -2.28. The van der Waals surface area contributed by atoms with Crippen LogP contribution in [0.1, 0.15) is 168 Å². The van der Waals surface area contributed by atoms with E-state index in [1.54, 1.807) is 0 Å². The number of esters is 2. The molecule has 0 saturated heterocycles. The summed E-state index contributed by atoms with van der Waals surface area (Å²) in [5.41, 5.74) is 0. The van der Waals surface area contributed by atoms with Crippen LogP contribution < -0.4 is 0 Å². The molecule has 10 nitrogen and oxygen atoms in total. The van der Waals surface area contributed by atoms with Crippen LogP contribution in [0.25, 0.3) is 0 Å². The maximum absolute atomic E-state index is 12.0. The van der Waals surface area contributed by atoms with E-state index < -0.39 is 55.9 Å². The standard InChI is InChI=1S/C34H64O10S2/c1-3-5-7-9-11-13-15-17-19-21-23-25-31(45(37,38)39)29-43-33(35)27-28-34(36)44-30-32(46(40,41)42)26-24-22-20-18-16-14-12-10-8-6-4-2/h27-28,31-32H,3-26,29-30H2,1-2H3,(H,37,38,39)(H,40,41,42)/b28-27-. The molecule has 0 spiro atoms. The summed E-state index contributed by atoms with van der Waals surface area (Å²) in [5.74, 6) is -2.01. The number of hydrogen-bond donors (Lipinski definition) is 2. The zero-order chi connectivity index (χ0) is 34.5. The van der Waals surface area contributed by atoms with Gasteiger partial charge in [0.1, 0.15) is 23.7 Å². The van der Waals surface area contributed by atoms with Gasteiger partial charge in [0, 0.05) is 12.2 Å². The molecular formula is C34H64O10S2. The van der Waals surface area contributed by atoms with E-state index in [1.165, 1.54) is 77.0 Å². The fourth-order valence-corrected chi connectivity index (χ4v) is 6.70. The van der Waals surface area contributed by atoms with Gasteiger partial charge < -0.3 is 9.47 Å². The van der Waals surface area contributed by atoms with Crippen molar-refractivity contribution in [2.45, 2.75) is 178 Å². The fourth-order valence-electron chi connectivity index (χ4n) is 5.29. The Morgan fingerprint density at radius 1 is 0.478 bits per heavy atom. The molecule has 2 unspecified atom stereocenters.